The number of nitrogens with one attached hydrogen (secondary N) is 1. The molecule has 0 aliphatic carbocycles. The van der Waals surface area contributed by atoms with E-state index >= 15 is 0 Å². The Morgan fingerprint density at radius 2 is 2.08 bits per heavy atom. The summed E-state index contributed by atoms with van der Waals surface area (Å²) in [6, 6.07) is 15.3. The number of halogens is 1. The number of hydrogen-bond acceptors (Lipinski definition) is 4. The Morgan fingerprint density at radius 3 is 2.92 bits per heavy atom. The van der Waals surface area contributed by atoms with Gasteiger partial charge in [-0.1, -0.05) is 23.7 Å². The first-order chi connectivity index (χ1) is 12.6. The molecule has 0 spiro atoms. The number of hydrogen-bond donors (Lipinski definition) is 1. The highest BCUT2D eigenvalue weighted by molar-refractivity contribution is 8.18. The van der Waals surface area contributed by atoms with Gasteiger partial charge >= 0.3 is 0 Å². The van der Waals surface area contributed by atoms with Crippen LogP contribution in [0, 0.1) is 6.92 Å². The molecule has 0 atom stereocenters. The van der Waals surface area contributed by atoms with Crippen LogP contribution in [0.1, 0.15) is 11.1 Å². The average Bonchev–Trinajstić information content (AvgIpc) is 2.96. The molecule has 1 fully saturated rings. The number of aliphatic imine (C=N–C) groups is 1. The first kappa shape index (κ1) is 16.8. The molecule has 1 aliphatic heterocycles. The van der Waals surface area contributed by atoms with Crippen LogP contribution in [0.3, 0.4) is 0 Å². The molecule has 4 nitrogen and oxygen atoms in total. The Kier molecular flexibility index (Phi) is 4.49. The van der Waals surface area contributed by atoms with Crippen LogP contribution in [0.4, 0.5) is 5.69 Å². The van der Waals surface area contributed by atoms with Gasteiger partial charge in [-0.3, -0.25) is 9.78 Å². The summed E-state index contributed by atoms with van der Waals surface area (Å²) in [5.41, 5.74) is 3.63. The predicted molar refractivity (Wildman–Crippen MR) is 109 cm³/mol. The number of thioether (sulfide) groups is 1. The van der Waals surface area contributed by atoms with Crippen molar-refractivity contribution in [2.75, 3.05) is 0 Å². The molecule has 2 heterocycles. The van der Waals surface area contributed by atoms with Gasteiger partial charge in [0.1, 0.15) is 0 Å². The molecule has 1 aromatic heterocycles. The van der Waals surface area contributed by atoms with Gasteiger partial charge in [0.15, 0.2) is 5.17 Å². The molecular weight excluding hydrogens is 366 g/mol. The maximum absolute atomic E-state index is 12.3. The molecule has 0 radical (unpaired) electrons. The van der Waals surface area contributed by atoms with Crippen LogP contribution in [-0.4, -0.2) is 16.1 Å². The summed E-state index contributed by atoms with van der Waals surface area (Å²) in [5.74, 6) is -0.147. The number of pyridine rings is 1. The fraction of sp³-hybridized carbons (Fsp3) is 0.0500. The van der Waals surface area contributed by atoms with Gasteiger partial charge in [-0.15, -0.1) is 0 Å². The number of carbonyl (C=O) groups excluding carboxylic acids is 1. The van der Waals surface area contributed by atoms with Crippen molar-refractivity contribution >= 4 is 57.1 Å². The van der Waals surface area contributed by atoms with Crippen LogP contribution in [-0.2, 0) is 4.79 Å². The zero-order valence-corrected chi connectivity index (χ0v) is 15.4. The van der Waals surface area contributed by atoms with Gasteiger partial charge in [-0.05, 0) is 72.3 Å². The lowest BCUT2D eigenvalue weighted by Gasteiger charge is -2.01. The van der Waals surface area contributed by atoms with E-state index in [1.807, 2.05) is 55.5 Å². The highest BCUT2D eigenvalue weighted by Gasteiger charge is 2.24. The van der Waals surface area contributed by atoms with Crippen molar-refractivity contribution in [2.45, 2.75) is 6.92 Å². The molecule has 0 unspecified atom stereocenters. The van der Waals surface area contributed by atoms with E-state index in [1.54, 1.807) is 12.3 Å². The number of rotatable bonds is 2. The summed E-state index contributed by atoms with van der Waals surface area (Å²) in [5, 5.41) is 5.08. The molecule has 0 bridgehead atoms. The maximum atomic E-state index is 12.3. The molecule has 4 rings (SSSR count). The lowest BCUT2D eigenvalue weighted by molar-refractivity contribution is -0.115. The van der Waals surface area contributed by atoms with Gasteiger partial charge in [0.05, 0.1) is 16.1 Å². The van der Waals surface area contributed by atoms with Crippen molar-refractivity contribution in [3.8, 4) is 0 Å². The van der Waals surface area contributed by atoms with Crippen molar-refractivity contribution in [1.29, 1.82) is 0 Å². The summed E-state index contributed by atoms with van der Waals surface area (Å²) >= 11 is 7.30. The summed E-state index contributed by atoms with van der Waals surface area (Å²) in [7, 11) is 0. The molecule has 3 aromatic rings. The van der Waals surface area contributed by atoms with Gasteiger partial charge in [0.2, 0.25) is 0 Å². The number of benzene rings is 2. The molecule has 26 heavy (non-hydrogen) atoms. The van der Waals surface area contributed by atoms with Crippen molar-refractivity contribution in [3.63, 3.8) is 0 Å². The molecule has 1 amide bonds. The molecule has 2 aromatic carbocycles. The van der Waals surface area contributed by atoms with E-state index < -0.39 is 0 Å². The third-order valence-electron chi connectivity index (χ3n) is 3.96. The zero-order valence-electron chi connectivity index (χ0n) is 13.9. The first-order valence-electron chi connectivity index (χ1n) is 7.99. The average molecular weight is 380 g/mol. The lowest BCUT2D eigenvalue weighted by Crippen LogP contribution is -2.19. The fourth-order valence-electron chi connectivity index (χ4n) is 2.67. The van der Waals surface area contributed by atoms with Gasteiger partial charge in [-0.2, -0.15) is 0 Å². The molecule has 0 saturated carbocycles. The minimum Gasteiger partial charge on any atom is -0.300 e. The van der Waals surface area contributed by atoms with E-state index in [2.05, 4.69) is 15.3 Å². The molecular formula is C20H14ClN3OS. The van der Waals surface area contributed by atoms with E-state index in [0.717, 1.165) is 27.7 Å². The van der Waals surface area contributed by atoms with Crippen LogP contribution >= 0.6 is 23.4 Å². The Morgan fingerprint density at radius 1 is 1.19 bits per heavy atom. The third-order valence-corrected chi connectivity index (χ3v) is 5.10. The monoisotopic (exact) mass is 379 g/mol. The van der Waals surface area contributed by atoms with Gasteiger partial charge in [0, 0.05) is 16.6 Å². The number of carbonyl (C=O) groups is 1. The molecule has 128 valence electrons. The van der Waals surface area contributed by atoms with Gasteiger partial charge < -0.3 is 5.32 Å². The number of aromatic nitrogens is 1. The summed E-state index contributed by atoms with van der Waals surface area (Å²) in [6.07, 6.45) is 3.63. The summed E-state index contributed by atoms with van der Waals surface area (Å²) in [4.78, 5) is 21.7. The Bertz CT molecular complexity index is 1090. The Balaban J connectivity index is 1.62. The first-order valence-corrected chi connectivity index (χ1v) is 9.18. The van der Waals surface area contributed by atoms with E-state index in [1.165, 1.54) is 11.8 Å². The molecule has 1 saturated heterocycles. The third kappa shape index (κ3) is 3.49. The standard InChI is InChI=1S/C20H14ClN3OS/c1-12-9-15(21)5-7-16(12)23-20-24-19(25)18(26-20)11-13-4-6-17-14(10-13)3-2-8-22-17/h2-11H,1H3,(H,23,24,25). The second kappa shape index (κ2) is 6.94. The van der Waals surface area contributed by atoms with Crippen molar-refractivity contribution in [2.24, 2.45) is 4.99 Å². The highest BCUT2D eigenvalue weighted by atomic mass is 35.5. The van der Waals surface area contributed by atoms with Crippen LogP contribution in [0.5, 0.6) is 0 Å². The quantitative estimate of drug-likeness (QED) is 0.631. The molecule has 1 aliphatic rings. The van der Waals surface area contributed by atoms with Crippen LogP contribution in [0.25, 0.3) is 17.0 Å². The Hall–Kier alpha value is -2.63. The fourth-order valence-corrected chi connectivity index (χ4v) is 3.73. The number of fused-ring (bicyclic) bond motifs is 1. The van der Waals surface area contributed by atoms with E-state index in [4.69, 9.17) is 11.6 Å². The number of amides is 1. The largest absolute Gasteiger partial charge is 0.300 e. The smallest absolute Gasteiger partial charge is 0.264 e. The maximum Gasteiger partial charge on any atom is 0.264 e. The predicted octanol–water partition coefficient (Wildman–Crippen LogP) is 5.09. The van der Waals surface area contributed by atoms with Gasteiger partial charge in [-0.25, -0.2) is 4.99 Å². The second-order valence-electron chi connectivity index (χ2n) is 5.87. The van der Waals surface area contributed by atoms with E-state index in [-0.39, 0.29) is 5.91 Å². The van der Waals surface area contributed by atoms with Crippen LogP contribution in [0.2, 0.25) is 5.02 Å². The van der Waals surface area contributed by atoms with E-state index in [9.17, 15) is 4.79 Å². The van der Waals surface area contributed by atoms with Crippen LogP contribution < -0.4 is 5.32 Å². The SMILES string of the molecule is Cc1cc(Cl)ccc1N=C1NC(=O)C(=Cc2ccc3ncccc3c2)S1. The van der Waals surface area contributed by atoms with Crippen LogP contribution in [0.15, 0.2) is 64.6 Å². The highest BCUT2D eigenvalue weighted by Crippen LogP contribution is 2.30. The van der Waals surface area contributed by atoms with Crippen molar-refractivity contribution in [3.05, 3.63) is 75.8 Å². The minimum absolute atomic E-state index is 0.147. The van der Waals surface area contributed by atoms with Gasteiger partial charge in [0.25, 0.3) is 5.91 Å². The molecule has 6 heteroatoms. The Labute approximate surface area is 160 Å². The topological polar surface area (TPSA) is 54.4 Å². The normalized spacial score (nSPS) is 17.2. The van der Waals surface area contributed by atoms with Crippen molar-refractivity contribution < 1.29 is 4.79 Å². The number of aryl methyl sites for hydroxylation is 1. The summed E-state index contributed by atoms with van der Waals surface area (Å²) in [6.45, 7) is 1.94. The second-order valence-corrected chi connectivity index (χ2v) is 7.34. The lowest BCUT2D eigenvalue weighted by atomic mass is 10.1. The molecule has 1 N–H and O–H groups in total. The minimum atomic E-state index is -0.147. The number of amidine groups is 1. The van der Waals surface area contributed by atoms with E-state index in [0.29, 0.717) is 15.1 Å². The number of nitrogens with zero attached hydrogens (tertiary/aromatic N) is 2. The zero-order chi connectivity index (χ0) is 18.1. The summed E-state index contributed by atoms with van der Waals surface area (Å²) < 4.78 is 0. The van der Waals surface area contributed by atoms with Crippen molar-refractivity contribution in [1.82, 2.24) is 10.3 Å².